The molecule has 140 valence electrons. The van der Waals surface area contributed by atoms with Crippen LogP contribution in [0.5, 0.6) is 11.5 Å². The van der Waals surface area contributed by atoms with Gasteiger partial charge in [0.1, 0.15) is 5.78 Å². The number of rotatable bonds is 6. The number of hydrogen-bond acceptors (Lipinski definition) is 5. The van der Waals surface area contributed by atoms with E-state index in [1.54, 1.807) is 12.4 Å². The van der Waals surface area contributed by atoms with Crippen molar-refractivity contribution in [3.05, 3.63) is 83.4 Å². The van der Waals surface area contributed by atoms with E-state index in [4.69, 9.17) is 9.47 Å². The monoisotopic (exact) mass is 372 g/mol. The first-order valence-corrected chi connectivity index (χ1v) is 9.50. The molecule has 0 radical (unpaired) electrons. The van der Waals surface area contributed by atoms with E-state index in [2.05, 4.69) is 22.1 Å². The Balaban J connectivity index is 1.33. The summed E-state index contributed by atoms with van der Waals surface area (Å²) in [6.45, 7) is 0.240. The van der Waals surface area contributed by atoms with Gasteiger partial charge in [-0.1, -0.05) is 36.4 Å². The molecule has 1 fully saturated rings. The van der Waals surface area contributed by atoms with Crippen molar-refractivity contribution in [1.29, 1.82) is 0 Å². The summed E-state index contributed by atoms with van der Waals surface area (Å²) in [6.07, 6.45) is 6.20. The lowest BCUT2D eigenvalue weighted by molar-refractivity contribution is -0.120. The van der Waals surface area contributed by atoms with Gasteiger partial charge >= 0.3 is 0 Å². The fraction of sp³-hybridized carbons (Fsp3) is 0.261. The Morgan fingerprint density at radius 3 is 2.57 bits per heavy atom. The summed E-state index contributed by atoms with van der Waals surface area (Å²) in [5.41, 5.74) is 3.38. The molecule has 2 aromatic carbocycles. The number of ketones is 1. The number of carbonyl (C=O) groups excluding carboxylic acids is 1. The molecule has 3 aromatic rings. The lowest BCUT2D eigenvalue weighted by Gasteiger charge is -2.15. The molecule has 1 aliphatic heterocycles. The van der Waals surface area contributed by atoms with E-state index >= 15 is 0 Å². The minimum Gasteiger partial charge on any atom is -0.454 e. The summed E-state index contributed by atoms with van der Waals surface area (Å²) in [4.78, 5) is 22.1. The second-order valence-corrected chi connectivity index (χ2v) is 7.41. The highest BCUT2D eigenvalue weighted by molar-refractivity contribution is 5.94. The number of fused-ring (bicyclic) bond motifs is 1. The average molecular weight is 372 g/mol. The summed E-state index contributed by atoms with van der Waals surface area (Å²) in [6, 6.07) is 16.0. The van der Waals surface area contributed by atoms with Gasteiger partial charge in [0.2, 0.25) is 6.79 Å². The third-order valence-electron chi connectivity index (χ3n) is 5.51. The maximum absolute atomic E-state index is 13.1. The van der Waals surface area contributed by atoms with E-state index in [1.165, 1.54) is 5.56 Å². The first-order chi connectivity index (χ1) is 13.7. The zero-order valence-electron chi connectivity index (χ0n) is 15.4. The van der Waals surface area contributed by atoms with Crippen LogP contribution in [0.3, 0.4) is 0 Å². The third-order valence-corrected chi connectivity index (χ3v) is 5.51. The minimum atomic E-state index is -0.419. The predicted octanol–water partition coefficient (Wildman–Crippen LogP) is 3.64. The number of hydrogen-bond donors (Lipinski definition) is 0. The molecular weight excluding hydrogens is 352 g/mol. The molecule has 0 N–H and O–H groups in total. The van der Waals surface area contributed by atoms with Crippen molar-refractivity contribution >= 4 is 5.78 Å². The lowest BCUT2D eigenvalue weighted by atomic mass is 9.89. The normalized spacial score (nSPS) is 16.0. The van der Waals surface area contributed by atoms with Gasteiger partial charge in [-0.3, -0.25) is 14.8 Å². The quantitative estimate of drug-likeness (QED) is 0.661. The summed E-state index contributed by atoms with van der Waals surface area (Å²) in [5.74, 6) is 1.66. The Morgan fingerprint density at radius 2 is 1.75 bits per heavy atom. The molecule has 0 unspecified atom stereocenters. The van der Waals surface area contributed by atoms with Gasteiger partial charge in [0, 0.05) is 18.8 Å². The van der Waals surface area contributed by atoms with Crippen LogP contribution < -0.4 is 9.47 Å². The van der Waals surface area contributed by atoms with Crippen LogP contribution in [0, 0.1) is 0 Å². The highest BCUT2D eigenvalue weighted by atomic mass is 16.7. The second-order valence-electron chi connectivity index (χ2n) is 7.41. The molecule has 1 aromatic heterocycles. The molecule has 0 saturated heterocycles. The molecule has 1 aliphatic carbocycles. The summed E-state index contributed by atoms with van der Waals surface area (Å²) in [5, 5.41) is 0. The average Bonchev–Trinajstić information content (AvgIpc) is 3.40. The van der Waals surface area contributed by atoms with E-state index in [1.807, 2.05) is 36.4 Å². The minimum absolute atomic E-state index is 0.192. The summed E-state index contributed by atoms with van der Waals surface area (Å²) >= 11 is 0. The van der Waals surface area contributed by atoms with Gasteiger partial charge in [-0.2, -0.15) is 0 Å². The summed E-state index contributed by atoms with van der Waals surface area (Å²) < 4.78 is 10.9. The topological polar surface area (TPSA) is 61.3 Å². The molecular formula is C23H20N2O3. The number of Topliss-reactive ketones (excluding diaryl/α,β-unsaturated/α-hetero) is 1. The fourth-order valence-corrected chi connectivity index (χ4v) is 3.81. The molecule has 0 spiro atoms. The molecule has 0 bridgehead atoms. The Bertz CT molecular complexity index is 1030. The van der Waals surface area contributed by atoms with Crippen LogP contribution in [0.4, 0.5) is 0 Å². The maximum Gasteiger partial charge on any atom is 0.231 e. The molecule has 2 aliphatic rings. The largest absolute Gasteiger partial charge is 0.454 e. The van der Waals surface area contributed by atoms with Crippen molar-refractivity contribution < 1.29 is 14.3 Å². The lowest BCUT2D eigenvalue weighted by Crippen LogP contribution is -2.23. The zero-order valence-corrected chi connectivity index (χ0v) is 15.4. The van der Waals surface area contributed by atoms with Gasteiger partial charge in [-0.15, -0.1) is 0 Å². The van der Waals surface area contributed by atoms with Gasteiger partial charge < -0.3 is 9.47 Å². The van der Waals surface area contributed by atoms with Crippen LogP contribution >= 0.6 is 0 Å². The van der Waals surface area contributed by atoms with Gasteiger partial charge in [0.25, 0.3) is 0 Å². The number of ether oxygens (including phenoxy) is 2. The Labute approximate surface area is 163 Å². The number of carbonyl (C=O) groups is 1. The SMILES string of the molecule is O=C(Cc1cncc(Cc2ccccc2)n1)C1(c2ccc3c(c2)OCO3)CC1. The van der Waals surface area contributed by atoms with Crippen molar-refractivity contribution in [2.75, 3.05) is 6.79 Å². The highest BCUT2D eigenvalue weighted by Gasteiger charge is 2.51. The van der Waals surface area contributed by atoms with Crippen LogP contribution in [0.2, 0.25) is 0 Å². The van der Waals surface area contributed by atoms with Crippen molar-refractivity contribution in [1.82, 2.24) is 9.97 Å². The highest BCUT2D eigenvalue weighted by Crippen LogP contribution is 2.51. The Kier molecular flexibility index (Phi) is 4.08. The van der Waals surface area contributed by atoms with Gasteiger partial charge in [-0.05, 0) is 36.1 Å². The predicted molar refractivity (Wildman–Crippen MR) is 103 cm³/mol. The first-order valence-electron chi connectivity index (χ1n) is 9.50. The van der Waals surface area contributed by atoms with E-state index in [9.17, 15) is 4.79 Å². The van der Waals surface area contributed by atoms with Gasteiger partial charge in [0.05, 0.1) is 23.2 Å². The number of benzene rings is 2. The molecule has 5 rings (SSSR count). The molecule has 2 heterocycles. The molecule has 28 heavy (non-hydrogen) atoms. The van der Waals surface area contributed by atoms with Crippen LogP contribution in [0.25, 0.3) is 0 Å². The fourth-order valence-electron chi connectivity index (χ4n) is 3.81. The van der Waals surface area contributed by atoms with Crippen LogP contribution in [-0.4, -0.2) is 22.5 Å². The maximum atomic E-state index is 13.1. The van der Waals surface area contributed by atoms with Gasteiger partial charge in [0.15, 0.2) is 11.5 Å². The van der Waals surface area contributed by atoms with E-state index in [0.29, 0.717) is 12.8 Å². The Morgan fingerprint density at radius 1 is 0.964 bits per heavy atom. The zero-order chi connectivity index (χ0) is 19.0. The second kappa shape index (κ2) is 6.75. The third kappa shape index (κ3) is 3.13. The molecule has 5 nitrogen and oxygen atoms in total. The van der Waals surface area contributed by atoms with Crippen LogP contribution in [-0.2, 0) is 23.1 Å². The van der Waals surface area contributed by atoms with Crippen molar-refractivity contribution in [3.63, 3.8) is 0 Å². The van der Waals surface area contributed by atoms with Crippen molar-refractivity contribution in [2.24, 2.45) is 0 Å². The first kappa shape index (κ1) is 16.9. The number of nitrogens with zero attached hydrogens (tertiary/aromatic N) is 2. The van der Waals surface area contributed by atoms with Crippen LogP contribution in [0.1, 0.15) is 35.4 Å². The van der Waals surface area contributed by atoms with Crippen molar-refractivity contribution in [2.45, 2.75) is 31.1 Å². The molecule has 0 atom stereocenters. The van der Waals surface area contributed by atoms with E-state index in [0.717, 1.165) is 41.3 Å². The Hall–Kier alpha value is -3.21. The smallest absolute Gasteiger partial charge is 0.231 e. The van der Waals surface area contributed by atoms with Gasteiger partial charge in [-0.25, -0.2) is 0 Å². The molecule has 5 heteroatoms. The van der Waals surface area contributed by atoms with Crippen molar-refractivity contribution in [3.8, 4) is 11.5 Å². The van der Waals surface area contributed by atoms with Crippen LogP contribution in [0.15, 0.2) is 60.9 Å². The molecule has 1 saturated carbocycles. The molecule has 0 amide bonds. The van der Waals surface area contributed by atoms with E-state index < -0.39 is 5.41 Å². The van der Waals surface area contributed by atoms with E-state index in [-0.39, 0.29) is 12.6 Å². The number of aromatic nitrogens is 2. The standard InChI is InChI=1S/C23H20N2O3/c26-22(23(8-9-23)17-6-7-20-21(11-17)28-15-27-20)12-19-14-24-13-18(25-19)10-16-4-2-1-3-5-16/h1-7,11,13-14H,8-10,12,15H2. The summed E-state index contributed by atoms with van der Waals surface area (Å²) in [7, 11) is 0.